The van der Waals surface area contributed by atoms with E-state index in [1.807, 2.05) is 37.3 Å². The summed E-state index contributed by atoms with van der Waals surface area (Å²) in [5, 5.41) is 0. The molecular formula is C19H25ClN2O5. The molecule has 1 N–H and O–H groups in total. The minimum absolute atomic E-state index is 0. The quantitative estimate of drug-likeness (QED) is 0.622. The van der Waals surface area contributed by atoms with Crippen molar-refractivity contribution >= 4 is 18.3 Å². The third-order valence-corrected chi connectivity index (χ3v) is 3.62. The first-order chi connectivity index (χ1) is 12.7. The molecule has 0 radical (unpaired) electrons. The highest BCUT2D eigenvalue weighted by molar-refractivity contribution is 5.85. The lowest BCUT2D eigenvalue weighted by molar-refractivity contribution is -0.143. The summed E-state index contributed by atoms with van der Waals surface area (Å²) >= 11 is 0. The Kier molecular flexibility index (Phi) is 10.2. The molecule has 2 aromatic rings. The van der Waals surface area contributed by atoms with Gasteiger partial charge in [-0.15, -0.1) is 12.4 Å². The number of hydrogen-bond acceptors (Lipinski definition) is 6. The highest BCUT2D eigenvalue weighted by Crippen LogP contribution is 2.17. The third kappa shape index (κ3) is 7.42. The minimum atomic E-state index is -0.604. The van der Waals surface area contributed by atoms with Crippen molar-refractivity contribution in [2.75, 3.05) is 20.8 Å². The predicted octanol–water partition coefficient (Wildman–Crippen LogP) is 2.72. The Bertz CT molecular complexity index is 697. The van der Waals surface area contributed by atoms with Gasteiger partial charge < -0.3 is 14.2 Å². The summed E-state index contributed by atoms with van der Waals surface area (Å²) in [6.45, 7) is 2.63. The summed E-state index contributed by atoms with van der Waals surface area (Å²) in [7, 11) is 3.01. The zero-order valence-electron chi connectivity index (χ0n) is 15.6. The fourth-order valence-electron chi connectivity index (χ4n) is 2.35. The van der Waals surface area contributed by atoms with Gasteiger partial charge >= 0.3 is 0 Å². The van der Waals surface area contributed by atoms with Gasteiger partial charge in [0.2, 0.25) is 0 Å². The number of hydrogen-bond donors (Lipinski definition) is 1. The first kappa shape index (κ1) is 22.7. The van der Waals surface area contributed by atoms with E-state index >= 15 is 0 Å². The number of carbonyl (C=O) groups is 1. The lowest BCUT2D eigenvalue weighted by Crippen LogP contribution is -2.37. The average Bonchev–Trinajstić information content (AvgIpc) is 2.67. The van der Waals surface area contributed by atoms with E-state index in [1.165, 1.54) is 7.11 Å². The van der Waals surface area contributed by atoms with Gasteiger partial charge in [-0.25, -0.2) is 5.48 Å². The van der Waals surface area contributed by atoms with E-state index in [-0.39, 0.29) is 18.3 Å². The zero-order valence-corrected chi connectivity index (χ0v) is 16.5. The van der Waals surface area contributed by atoms with Crippen LogP contribution in [-0.2, 0) is 27.4 Å². The van der Waals surface area contributed by atoms with Crippen LogP contribution in [0.1, 0.15) is 18.2 Å². The van der Waals surface area contributed by atoms with Crippen LogP contribution in [0, 0.1) is 0 Å². The van der Waals surface area contributed by atoms with Crippen LogP contribution in [0.15, 0.2) is 42.6 Å². The topological polar surface area (TPSA) is 78.9 Å². The van der Waals surface area contributed by atoms with Gasteiger partial charge in [-0.05, 0) is 30.7 Å². The molecule has 1 aromatic heterocycles. The molecule has 1 atom stereocenters. The molecule has 8 heteroatoms. The molecule has 0 aliphatic carbocycles. The van der Waals surface area contributed by atoms with E-state index in [9.17, 15) is 4.79 Å². The molecule has 2 rings (SSSR count). The Morgan fingerprint density at radius 1 is 1.15 bits per heavy atom. The number of rotatable bonds is 10. The maximum atomic E-state index is 11.9. The number of hydroxylamine groups is 1. The van der Waals surface area contributed by atoms with Crippen LogP contribution in [0.25, 0.3) is 0 Å². The van der Waals surface area contributed by atoms with Crippen molar-refractivity contribution in [3.63, 3.8) is 0 Å². The lowest BCUT2D eigenvalue weighted by atomic mass is 10.1. The molecule has 0 saturated heterocycles. The zero-order chi connectivity index (χ0) is 18.8. The normalized spacial score (nSPS) is 11.2. The number of nitrogens with one attached hydrogen (secondary N) is 1. The number of nitrogens with zero attached hydrogens (tertiary/aromatic N) is 1. The number of carbonyl (C=O) groups excluding carboxylic acids is 1. The van der Waals surface area contributed by atoms with Crippen molar-refractivity contribution in [2.24, 2.45) is 0 Å². The molecule has 7 nitrogen and oxygen atoms in total. The fourth-order valence-corrected chi connectivity index (χ4v) is 2.35. The minimum Gasteiger partial charge on any atom is -0.497 e. The first-order valence-electron chi connectivity index (χ1n) is 8.31. The van der Waals surface area contributed by atoms with E-state index < -0.39 is 6.10 Å². The van der Waals surface area contributed by atoms with Crippen LogP contribution < -0.4 is 15.0 Å². The number of halogens is 1. The highest BCUT2D eigenvalue weighted by atomic mass is 35.5. The van der Waals surface area contributed by atoms with E-state index in [1.54, 1.807) is 19.4 Å². The predicted molar refractivity (Wildman–Crippen MR) is 103 cm³/mol. The van der Waals surface area contributed by atoms with Crippen molar-refractivity contribution in [3.8, 4) is 11.5 Å². The Morgan fingerprint density at radius 3 is 2.52 bits per heavy atom. The first-order valence-corrected chi connectivity index (χ1v) is 8.31. The number of pyridine rings is 1. The van der Waals surface area contributed by atoms with Crippen LogP contribution in [0.2, 0.25) is 0 Å². The Labute approximate surface area is 165 Å². The summed E-state index contributed by atoms with van der Waals surface area (Å²) in [6.07, 6.45) is 1.52. The molecule has 1 aromatic carbocycles. The maximum Gasteiger partial charge on any atom is 0.272 e. The van der Waals surface area contributed by atoms with Gasteiger partial charge in [0.15, 0.2) is 0 Å². The molecule has 148 valence electrons. The van der Waals surface area contributed by atoms with Crippen LogP contribution in [0.4, 0.5) is 0 Å². The second-order valence-electron chi connectivity index (χ2n) is 5.44. The smallest absolute Gasteiger partial charge is 0.272 e. The SMILES string of the molecule is CCO[C@@H](Cc1ccc(OCc2cc(OC)ccn2)cc1)C(=O)NOC.Cl. The fraction of sp³-hybridized carbons (Fsp3) is 0.368. The molecule has 0 aliphatic rings. The van der Waals surface area contributed by atoms with Gasteiger partial charge in [-0.2, -0.15) is 0 Å². The van der Waals surface area contributed by atoms with Crippen LogP contribution >= 0.6 is 12.4 Å². The van der Waals surface area contributed by atoms with Crippen molar-refractivity contribution in [1.29, 1.82) is 0 Å². The molecule has 1 heterocycles. The van der Waals surface area contributed by atoms with Gasteiger partial charge in [-0.3, -0.25) is 14.6 Å². The summed E-state index contributed by atoms with van der Waals surface area (Å²) in [5.74, 6) is 1.15. The van der Waals surface area contributed by atoms with Crippen molar-refractivity contribution < 1.29 is 23.8 Å². The van der Waals surface area contributed by atoms with Crippen molar-refractivity contribution in [1.82, 2.24) is 10.5 Å². The summed E-state index contributed by atoms with van der Waals surface area (Å²) in [4.78, 5) is 20.8. The highest BCUT2D eigenvalue weighted by Gasteiger charge is 2.19. The standard InChI is InChI=1S/C19H24N2O5.ClH/c1-4-25-18(19(22)21-24-3)11-14-5-7-16(8-6-14)26-13-15-12-17(23-2)9-10-20-15;/h5-10,12,18H,4,11,13H2,1-3H3,(H,21,22);1H/t18-;/m0./s1. The summed E-state index contributed by atoms with van der Waals surface area (Å²) < 4.78 is 16.4. The van der Waals surface area contributed by atoms with Gasteiger partial charge in [0, 0.05) is 25.3 Å². The number of aromatic nitrogens is 1. The number of amides is 1. The van der Waals surface area contributed by atoms with Gasteiger partial charge in [-0.1, -0.05) is 12.1 Å². The number of ether oxygens (including phenoxy) is 3. The number of methoxy groups -OCH3 is 1. The molecule has 27 heavy (non-hydrogen) atoms. The molecule has 0 fully saturated rings. The van der Waals surface area contributed by atoms with Crippen LogP contribution in [0.5, 0.6) is 11.5 Å². The molecule has 0 bridgehead atoms. The van der Waals surface area contributed by atoms with Gasteiger partial charge in [0.05, 0.1) is 19.9 Å². The van der Waals surface area contributed by atoms with Crippen molar-refractivity contribution in [2.45, 2.75) is 26.1 Å². The average molecular weight is 397 g/mol. The van der Waals surface area contributed by atoms with Gasteiger partial charge in [0.25, 0.3) is 5.91 Å². The lowest BCUT2D eigenvalue weighted by Gasteiger charge is -2.16. The molecular weight excluding hydrogens is 372 g/mol. The Morgan fingerprint density at radius 2 is 1.89 bits per heavy atom. The van der Waals surface area contributed by atoms with E-state index in [2.05, 4.69) is 15.3 Å². The molecule has 0 spiro atoms. The Balaban J connectivity index is 0.00000364. The Hall–Kier alpha value is -2.35. The number of benzene rings is 1. The maximum absolute atomic E-state index is 11.9. The van der Waals surface area contributed by atoms with E-state index in [4.69, 9.17) is 14.2 Å². The third-order valence-electron chi connectivity index (χ3n) is 3.62. The van der Waals surface area contributed by atoms with E-state index in [0.717, 1.165) is 17.0 Å². The van der Waals surface area contributed by atoms with Gasteiger partial charge in [0.1, 0.15) is 24.2 Å². The molecule has 0 unspecified atom stereocenters. The van der Waals surface area contributed by atoms with Crippen molar-refractivity contribution in [3.05, 3.63) is 53.9 Å². The van der Waals surface area contributed by atoms with E-state index in [0.29, 0.717) is 25.4 Å². The second-order valence-corrected chi connectivity index (χ2v) is 5.44. The van der Waals surface area contributed by atoms with Crippen LogP contribution in [0.3, 0.4) is 0 Å². The summed E-state index contributed by atoms with van der Waals surface area (Å²) in [5.41, 5.74) is 4.04. The molecule has 1 amide bonds. The monoisotopic (exact) mass is 396 g/mol. The molecule has 0 saturated carbocycles. The van der Waals surface area contributed by atoms with Crippen LogP contribution in [-0.4, -0.2) is 37.8 Å². The second kappa shape index (κ2) is 12.1. The largest absolute Gasteiger partial charge is 0.497 e. The molecule has 0 aliphatic heterocycles. The summed E-state index contributed by atoms with van der Waals surface area (Å²) in [6, 6.07) is 11.1.